The van der Waals surface area contributed by atoms with Crippen molar-refractivity contribution >= 4 is 21.6 Å². The molecule has 0 aliphatic heterocycles. The van der Waals surface area contributed by atoms with Crippen molar-refractivity contribution < 1.29 is 18.5 Å². The number of quaternary nitrogens is 1. The molecule has 1 amide bonds. The Morgan fingerprint density at radius 2 is 1.84 bits per heavy atom. The van der Waals surface area contributed by atoms with Gasteiger partial charge in [0, 0.05) is 11.3 Å². The lowest BCUT2D eigenvalue weighted by molar-refractivity contribution is -0.682. The van der Waals surface area contributed by atoms with Crippen LogP contribution >= 0.6 is 0 Å². The largest absolute Gasteiger partial charge is 0.333 e. The van der Waals surface area contributed by atoms with E-state index in [2.05, 4.69) is 10.0 Å². The van der Waals surface area contributed by atoms with Crippen LogP contribution < -0.4 is 15.4 Å². The molecule has 2 aromatic carbocycles. The van der Waals surface area contributed by atoms with Crippen LogP contribution in [0.15, 0.2) is 53.4 Å². The van der Waals surface area contributed by atoms with Crippen molar-refractivity contribution in [2.45, 2.75) is 24.8 Å². The fourth-order valence-corrected chi connectivity index (χ4v) is 3.46. The highest BCUT2D eigenvalue weighted by molar-refractivity contribution is 7.89. The molecular formula is C18H24N3O3S+. The number of hydrogen-bond acceptors (Lipinski definition) is 3. The van der Waals surface area contributed by atoms with Crippen LogP contribution in [-0.2, 0) is 14.8 Å². The van der Waals surface area contributed by atoms with E-state index in [9.17, 15) is 13.2 Å². The van der Waals surface area contributed by atoms with Crippen LogP contribution in [0.4, 0.5) is 5.69 Å². The average molecular weight is 362 g/mol. The first kappa shape index (κ1) is 19.1. The van der Waals surface area contributed by atoms with E-state index in [-0.39, 0.29) is 23.4 Å². The zero-order valence-electron chi connectivity index (χ0n) is 14.6. The highest BCUT2D eigenvalue weighted by atomic mass is 32.2. The Morgan fingerprint density at radius 1 is 1.16 bits per heavy atom. The lowest BCUT2D eigenvalue weighted by Gasteiger charge is -2.12. The Kier molecular flexibility index (Phi) is 6.30. The minimum absolute atomic E-state index is 0.158. The van der Waals surface area contributed by atoms with E-state index in [0.717, 1.165) is 5.56 Å². The third-order valence-electron chi connectivity index (χ3n) is 4.01. The summed E-state index contributed by atoms with van der Waals surface area (Å²) >= 11 is 0. The molecule has 0 aromatic heterocycles. The number of anilines is 1. The van der Waals surface area contributed by atoms with Crippen LogP contribution in [0.25, 0.3) is 0 Å². The van der Waals surface area contributed by atoms with Gasteiger partial charge in [-0.05, 0) is 38.6 Å². The summed E-state index contributed by atoms with van der Waals surface area (Å²) in [5.74, 6) is -0.181. The van der Waals surface area contributed by atoms with Crippen molar-refractivity contribution in [3.63, 3.8) is 0 Å². The Labute approximate surface area is 148 Å². The smallest absolute Gasteiger partial charge is 0.279 e. The van der Waals surface area contributed by atoms with E-state index in [0.29, 0.717) is 11.3 Å². The van der Waals surface area contributed by atoms with Gasteiger partial charge < -0.3 is 10.6 Å². The topological polar surface area (TPSA) is 91.9 Å². The molecule has 0 spiro atoms. The maximum absolute atomic E-state index is 12.2. The number of aryl methyl sites for hydroxylation is 1. The molecule has 25 heavy (non-hydrogen) atoms. The zero-order valence-corrected chi connectivity index (χ0v) is 15.4. The van der Waals surface area contributed by atoms with Gasteiger partial charge in [0.05, 0.1) is 4.90 Å². The minimum atomic E-state index is -3.56. The fourth-order valence-electron chi connectivity index (χ4n) is 2.47. The summed E-state index contributed by atoms with van der Waals surface area (Å²) in [7, 11) is -2.20. The summed E-state index contributed by atoms with van der Waals surface area (Å²) < 4.78 is 26.3. The lowest BCUT2D eigenvalue weighted by atomic mass is 10.1. The van der Waals surface area contributed by atoms with Crippen molar-refractivity contribution in [2.75, 3.05) is 18.9 Å². The van der Waals surface area contributed by atoms with Crippen LogP contribution in [0, 0.1) is 6.92 Å². The third kappa shape index (κ3) is 5.12. The molecule has 0 fully saturated rings. The second kappa shape index (κ2) is 8.24. The summed E-state index contributed by atoms with van der Waals surface area (Å²) in [4.78, 5) is 12.3. The van der Waals surface area contributed by atoms with Gasteiger partial charge in [0.25, 0.3) is 5.91 Å². The first-order valence-electron chi connectivity index (χ1n) is 8.06. The molecule has 0 unspecified atom stereocenters. The third-order valence-corrected chi connectivity index (χ3v) is 5.57. The van der Waals surface area contributed by atoms with E-state index >= 15 is 0 Å². The normalized spacial score (nSPS) is 12.6. The van der Waals surface area contributed by atoms with Crippen LogP contribution in [0.5, 0.6) is 0 Å². The standard InChI is InChI=1S/C18H23N3O3S/c1-13-9-10-16(11-17(13)25(23,24)19-3)21-18(22)12-20-14(2)15-7-5-4-6-8-15/h4-11,14,19-20H,12H2,1-3H3,(H,21,22)/p+1/t14-/m1/s1. The van der Waals surface area contributed by atoms with Gasteiger partial charge in [0.15, 0.2) is 6.54 Å². The van der Waals surface area contributed by atoms with Crippen molar-refractivity contribution in [1.82, 2.24) is 4.72 Å². The van der Waals surface area contributed by atoms with Crippen molar-refractivity contribution in [3.8, 4) is 0 Å². The SMILES string of the molecule is CNS(=O)(=O)c1cc(NC(=O)C[NH2+][C@H](C)c2ccccc2)ccc1C. The van der Waals surface area contributed by atoms with Crippen molar-refractivity contribution in [1.29, 1.82) is 0 Å². The molecular weight excluding hydrogens is 338 g/mol. The molecule has 0 saturated heterocycles. The summed E-state index contributed by atoms with van der Waals surface area (Å²) in [5, 5.41) is 4.68. The van der Waals surface area contributed by atoms with Gasteiger partial charge in [0.2, 0.25) is 10.0 Å². The quantitative estimate of drug-likeness (QED) is 0.690. The molecule has 1 atom stereocenters. The van der Waals surface area contributed by atoms with E-state index in [1.165, 1.54) is 13.1 Å². The molecule has 0 heterocycles. The summed E-state index contributed by atoms with van der Waals surface area (Å²) in [6.07, 6.45) is 0. The monoisotopic (exact) mass is 362 g/mol. The number of carbonyl (C=O) groups is 1. The second-order valence-corrected chi connectivity index (χ2v) is 7.73. The predicted octanol–water partition coefficient (Wildman–Crippen LogP) is 1.17. The second-order valence-electron chi connectivity index (χ2n) is 5.88. The first-order chi connectivity index (χ1) is 11.8. The number of rotatable bonds is 7. The van der Waals surface area contributed by atoms with Crippen molar-refractivity contribution in [3.05, 3.63) is 59.7 Å². The Hall–Kier alpha value is -2.22. The molecule has 4 N–H and O–H groups in total. The number of carbonyl (C=O) groups excluding carboxylic acids is 1. The Bertz CT molecular complexity index is 836. The maximum atomic E-state index is 12.2. The van der Waals surface area contributed by atoms with E-state index in [1.54, 1.807) is 19.1 Å². The Morgan fingerprint density at radius 3 is 2.48 bits per heavy atom. The number of sulfonamides is 1. The maximum Gasteiger partial charge on any atom is 0.279 e. The molecule has 6 nitrogen and oxygen atoms in total. The van der Waals surface area contributed by atoms with Gasteiger partial charge in [-0.15, -0.1) is 0 Å². The highest BCUT2D eigenvalue weighted by Crippen LogP contribution is 2.19. The highest BCUT2D eigenvalue weighted by Gasteiger charge is 2.16. The number of nitrogens with two attached hydrogens (primary N) is 1. The summed E-state index contributed by atoms with van der Waals surface area (Å²) in [5.41, 5.74) is 2.23. The fraction of sp³-hybridized carbons (Fsp3) is 0.278. The molecule has 0 bridgehead atoms. The van der Waals surface area contributed by atoms with E-state index < -0.39 is 10.0 Å². The summed E-state index contributed by atoms with van der Waals surface area (Å²) in [6, 6.07) is 14.9. The van der Waals surface area contributed by atoms with Crippen LogP contribution in [0.2, 0.25) is 0 Å². The minimum Gasteiger partial charge on any atom is -0.333 e. The molecule has 2 aromatic rings. The molecule has 7 heteroatoms. The number of amides is 1. The van der Waals surface area contributed by atoms with E-state index in [1.807, 2.05) is 42.6 Å². The van der Waals surface area contributed by atoms with E-state index in [4.69, 9.17) is 0 Å². The lowest BCUT2D eigenvalue weighted by Crippen LogP contribution is -2.86. The van der Waals surface area contributed by atoms with Crippen molar-refractivity contribution in [2.24, 2.45) is 0 Å². The van der Waals surface area contributed by atoms with Gasteiger partial charge in [-0.2, -0.15) is 0 Å². The molecule has 134 valence electrons. The van der Waals surface area contributed by atoms with Gasteiger partial charge in [-0.25, -0.2) is 13.1 Å². The van der Waals surface area contributed by atoms with Gasteiger partial charge in [-0.1, -0.05) is 36.4 Å². The molecule has 0 aliphatic carbocycles. The number of nitrogens with one attached hydrogen (secondary N) is 2. The average Bonchev–Trinajstić information content (AvgIpc) is 2.62. The molecule has 0 saturated carbocycles. The Balaban J connectivity index is 2.00. The van der Waals surface area contributed by atoms with Crippen LogP contribution in [-0.4, -0.2) is 27.9 Å². The number of benzene rings is 2. The number of hydrogen-bond donors (Lipinski definition) is 3. The first-order valence-corrected chi connectivity index (χ1v) is 9.54. The van der Waals surface area contributed by atoms with Gasteiger partial charge in [-0.3, -0.25) is 4.79 Å². The van der Waals surface area contributed by atoms with Crippen LogP contribution in [0.1, 0.15) is 24.1 Å². The summed E-state index contributed by atoms with van der Waals surface area (Å²) in [6.45, 7) is 4.00. The predicted molar refractivity (Wildman–Crippen MR) is 97.7 cm³/mol. The molecule has 2 rings (SSSR count). The molecule has 0 aliphatic rings. The van der Waals surface area contributed by atoms with Crippen LogP contribution in [0.3, 0.4) is 0 Å². The molecule has 0 radical (unpaired) electrons. The van der Waals surface area contributed by atoms with Gasteiger partial charge in [0.1, 0.15) is 6.04 Å². The van der Waals surface area contributed by atoms with Gasteiger partial charge >= 0.3 is 0 Å². The zero-order chi connectivity index (χ0) is 18.4.